The van der Waals surface area contributed by atoms with Crippen molar-refractivity contribution in [1.82, 2.24) is 0 Å². The van der Waals surface area contributed by atoms with E-state index in [1.807, 2.05) is 38.1 Å². The lowest BCUT2D eigenvalue weighted by Crippen LogP contribution is -2.27. The van der Waals surface area contributed by atoms with Crippen molar-refractivity contribution in [2.24, 2.45) is 0 Å². The van der Waals surface area contributed by atoms with Gasteiger partial charge in [-0.25, -0.2) is 0 Å². The molecular weight excluding hydrogens is 224 g/mol. The zero-order chi connectivity index (χ0) is 13.2. The Labute approximate surface area is 109 Å². The summed E-state index contributed by atoms with van der Waals surface area (Å²) in [6.07, 6.45) is 8.42. The summed E-state index contributed by atoms with van der Waals surface area (Å²) in [6, 6.07) is 3.96. The van der Waals surface area contributed by atoms with Gasteiger partial charge in [-0.3, -0.25) is 0 Å². The van der Waals surface area contributed by atoms with E-state index in [1.165, 1.54) is 12.8 Å². The zero-order valence-electron chi connectivity index (χ0n) is 11.5. The van der Waals surface area contributed by atoms with Crippen LogP contribution < -0.4 is 4.74 Å². The highest BCUT2D eigenvalue weighted by atomic mass is 16.5. The lowest BCUT2D eigenvalue weighted by molar-refractivity contribution is 0.158. The molecule has 2 heteroatoms. The first kappa shape index (κ1) is 13.0. The Morgan fingerprint density at radius 3 is 2.72 bits per heavy atom. The third kappa shape index (κ3) is 2.69. The summed E-state index contributed by atoms with van der Waals surface area (Å²) in [5, 5.41) is 10.3. The molecule has 1 aromatic carbocycles. The average Bonchev–Trinajstić information content (AvgIpc) is 2.31. The van der Waals surface area contributed by atoms with Crippen molar-refractivity contribution >= 4 is 6.08 Å². The van der Waals surface area contributed by atoms with Crippen LogP contribution >= 0.6 is 0 Å². The second-order valence-corrected chi connectivity index (χ2v) is 5.48. The number of rotatable bonds is 4. The Balaban J connectivity index is 2.23. The number of aromatic hydroxyl groups is 1. The number of ether oxygens (including phenoxy) is 1. The van der Waals surface area contributed by atoms with E-state index in [2.05, 4.69) is 6.92 Å². The van der Waals surface area contributed by atoms with Gasteiger partial charge in [0.2, 0.25) is 0 Å². The first-order valence-electron chi connectivity index (χ1n) is 6.76. The lowest BCUT2D eigenvalue weighted by atomic mass is 9.97. The van der Waals surface area contributed by atoms with Gasteiger partial charge in [-0.2, -0.15) is 0 Å². The molecule has 18 heavy (non-hydrogen) atoms. The van der Waals surface area contributed by atoms with Gasteiger partial charge in [0, 0.05) is 0 Å². The average molecular weight is 246 g/mol. The molecule has 2 nitrogen and oxygen atoms in total. The van der Waals surface area contributed by atoms with Crippen molar-refractivity contribution in [3.05, 3.63) is 29.3 Å². The van der Waals surface area contributed by atoms with E-state index in [0.29, 0.717) is 5.75 Å². The summed E-state index contributed by atoms with van der Waals surface area (Å²) in [6.45, 7) is 6.21. The highest BCUT2D eigenvalue weighted by Crippen LogP contribution is 2.38. The number of unbranched alkanes of at least 4 members (excludes halogenated alkanes) is 2. The molecule has 0 atom stereocenters. The largest absolute Gasteiger partial charge is 0.507 e. The van der Waals surface area contributed by atoms with E-state index < -0.39 is 0 Å². The van der Waals surface area contributed by atoms with Gasteiger partial charge < -0.3 is 9.84 Å². The minimum absolute atomic E-state index is 0.289. The lowest BCUT2D eigenvalue weighted by Gasteiger charge is -2.28. The first-order chi connectivity index (χ1) is 8.53. The molecule has 0 bridgehead atoms. The topological polar surface area (TPSA) is 29.5 Å². The SMILES string of the molecule is CCCCCc1ccc2c(c1O)C=CC(C)(C)O2. The van der Waals surface area contributed by atoms with Crippen molar-refractivity contribution in [2.75, 3.05) is 0 Å². The minimum Gasteiger partial charge on any atom is -0.507 e. The minimum atomic E-state index is -0.289. The van der Waals surface area contributed by atoms with Gasteiger partial charge in [0.15, 0.2) is 0 Å². The molecule has 1 N–H and O–H groups in total. The van der Waals surface area contributed by atoms with Crippen molar-refractivity contribution < 1.29 is 9.84 Å². The fraction of sp³-hybridized carbons (Fsp3) is 0.500. The Hall–Kier alpha value is -1.44. The number of benzene rings is 1. The molecule has 0 fully saturated rings. The van der Waals surface area contributed by atoms with E-state index >= 15 is 0 Å². The Kier molecular flexibility index (Phi) is 3.65. The maximum atomic E-state index is 10.3. The van der Waals surface area contributed by atoms with Gasteiger partial charge in [0.1, 0.15) is 17.1 Å². The van der Waals surface area contributed by atoms with Gasteiger partial charge in [0.05, 0.1) is 5.56 Å². The van der Waals surface area contributed by atoms with E-state index in [-0.39, 0.29) is 5.60 Å². The molecule has 0 saturated heterocycles. The summed E-state index contributed by atoms with van der Waals surface area (Å²) >= 11 is 0. The summed E-state index contributed by atoms with van der Waals surface area (Å²) < 4.78 is 5.83. The van der Waals surface area contributed by atoms with E-state index in [4.69, 9.17) is 4.74 Å². The standard InChI is InChI=1S/C16H22O2/c1-4-5-6-7-12-8-9-14-13(15(12)17)10-11-16(2,3)18-14/h8-11,17H,4-7H2,1-3H3. The number of hydrogen-bond donors (Lipinski definition) is 1. The predicted octanol–water partition coefficient (Wildman–Crippen LogP) is 4.31. The Bertz CT molecular complexity index is 458. The molecule has 2 rings (SSSR count). The van der Waals surface area contributed by atoms with Crippen LogP contribution in [0.5, 0.6) is 11.5 Å². The van der Waals surface area contributed by atoms with Crippen LogP contribution in [0.3, 0.4) is 0 Å². The second-order valence-electron chi connectivity index (χ2n) is 5.48. The quantitative estimate of drug-likeness (QED) is 0.802. The molecule has 0 spiro atoms. The van der Waals surface area contributed by atoms with Crippen molar-refractivity contribution in [2.45, 2.75) is 52.1 Å². The molecule has 1 aromatic rings. The van der Waals surface area contributed by atoms with Gasteiger partial charge in [0.25, 0.3) is 0 Å². The van der Waals surface area contributed by atoms with Crippen LogP contribution in [0.1, 0.15) is 51.2 Å². The number of phenols is 1. The van der Waals surface area contributed by atoms with Gasteiger partial charge in [-0.05, 0) is 50.5 Å². The summed E-state index contributed by atoms with van der Waals surface area (Å²) in [5.41, 5.74) is 1.56. The molecule has 0 radical (unpaired) electrons. The molecule has 0 amide bonds. The monoisotopic (exact) mass is 246 g/mol. The highest BCUT2D eigenvalue weighted by molar-refractivity contribution is 5.68. The number of phenolic OH excluding ortho intramolecular Hbond substituents is 1. The Morgan fingerprint density at radius 2 is 2.00 bits per heavy atom. The molecular formula is C16H22O2. The third-order valence-corrected chi connectivity index (χ3v) is 3.33. The first-order valence-corrected chi connectivity index (χ1v) is 6.76. The third-order valence-electron chi connectivity index (χ3n) is 3.33. The van der Waals surface area contributed by atoms with E-state index in [0.717, 1.165) is 29.7 Å². The normalized spacial score (nSPS) is 16.2. The fourth-order valence-electron chi connectivity index (χ4n) is 2.25. The molecule has 0 aromatic heterocycles. The summed E-state index contributed by atoms with van der Waals surface area (Å²) in [5.74, 6) is 1.16. The van der Waals surface area contributed by atoms with E-state index in [9.17, 15) is 5.11 Å². The summed E-state index contributed by atoms with van der Waals surface area (Å²) in [7, 11) is 0. The number of aryl methyl sites for hydroxylation is 1. The van der Waals surface area contributed by atoms with Crippen molar-refractivity contribution in [1.29, 1.82) is 0 Å². The number of fused-ring (bicyclic) bond motifs is 1. The fourth-order valence-corrected chi connectivity index (χ4v) is 2.25. The van der Waals surface area contributed by atoms with Gasteiger partial charge in [-0.15, -0.1) is 0 Å². The maximum absolute atomic E-state index is 10.3. The smallest absolute Gasteiger partial charge is 0.131 e. The van der Waals surface area contributed by atoms with Crippen LogP contribution in [-0.2, 0) is 6.42 Å². The molecule has 1 heterocycles. The number of hydrogen-bond acceptors (Lipinski definition) is 2. The Morgan fingerprint density at radius 1 is 1.22 bits per heavy atom. The molecule has 1 aliphatic rings. The van der Waals surface area contributed by atoms with E-state index in [1.54, 1.807) is 0 Å². The molecule has 0 aliphatic carbocycles. The van der Waals surface area contributed by atoms with Gasteiger partial charge in [-0.1, -0.05) is 25.8 Å². The highest BCUT2D eigenvalue weighted by Gasteiger charge is 2.24. The van der Waals surface area contributed by atoms with Crippen LogP contribution in [0.15, 0.2) is 18.2 Å². The second kappa shape index (κ2) is 5.05. The zero-order valence-corrected chi connectivity index (χ0v) is 11.5. The van der Waals surface area contributed by atoms with Crippen LogP contribution in [0.25, 0.3) is 6.08 Å². The summed E-state index contributed by atoms with van der Waals surface area (Å²) in [4.78, 5) is 0. The molecule has 1 aliphatic heterocycles. The van der Waals surface area contributed by atoms with Crippen LogP contribution in [0.4, 0.5) is 0 Å². The predicted molar refractivity (Wildman–Crippen MR) is 75.1 cm³/mol. The van der Waals surface area contributed by atoms with Gasteiger partial charge >= 0.3 is 0 Å². The van der Waals surface area contributed by atoms with Crippen molar-refractivity contribution in [3.8, 4) is 11.5 Å². The maximum Gasteiger partial charge on any atom is 0.131 e. The van der Waals surface area contributed by atoms with Crippen LogP contribution in [0, 0.1) is 0 Å². The molecule has 0 saturated carbocycles. The van der Waals surface area contributed by atoms with Crippen LogP contribution in [0.2, 0.25) is 0 Å². The molecule has 98 valence electrons. The molecule has 0 unspecified atom stereocenters. The van der Waals surface area contributed by atoms with Crippen molar-refractivity contribution in [3.63, 3.8) is 0 Å². The van der Waals surface area contributed by atoms with Crippen LogP contribution in [-0.4, -0.2) is 10.7 Å².